The van der Waals surface area contributed by atoms with Crippen molar-refractivity contribution in [2.24, 2.45) is 11.8 Å². The zero-order chi connectivity index (χ0) is 12.4. The molecule has 0 fully saturated rings. The molecule has 1 unspecified atom stereocenters. The van der Waals surface area contributed by atoms with E-state index in [2.05, 4.69) is 48.4 Å². The van der Waals surface area contributed by atoms with Crippen molar-refractivity contribution in [3.8, 4) is 0 Å². The van der Waals surface area contributed by atoms with Crippen LogP contribution in [0.2, 0.25) is 0 Å². The van der Waals surface area contributed by atoms with Gasteiger partial charge in [-0.25, -0.2) is 9.97 Å². The average molecular weight is 249 g/mol. The molecule has 2 rings (SSSR count). The molecule has 2 heterocycles. The Hall–Kier alpha value is -1.16. The van der Waals surface area contributed by atoms with Gasteiger partial charge in [-0.3, -0.25) is 0 Å². The van der Waals surface area contributed by atoms with Crippen molar-refractivity contribution >= 4 is 27.4 Å². The number of rotatable bonds is 4. The summed E-state index contributed by atoms with van der Waals surface area (Å²) in [6.45, 7) is 9.80. The van der Waals surface area contributed by atoms with Crippen molar-refractivity contribution in [3.05, 3.63) is 17.3 Å². The molecule has 0 saturated heterocycles. The largest absolute Gasteiger partial charge is 0.369 e. The van der Waals surface area contributed by atoms with E-state index in [0.29, 0.717) is 11.8 Å². The number of nitrogens with one attached hydrogen (secondary N) is 1. The number of thiophene rings is 1. The number of hydrogen-bond donors (Lipinski definition) is 1. The molecule has 0 aliphatic heterocycles. The molecular weight excluding hydrogens is 230 g/mol. The van der Waals surface area contributed by atoms with E-state index < -0.39 is 0 Å². The van der Waals surface area contributed by atoms with Gasteiger partial charge in [-0.15, -0.1) is 11.3 Å². The van der Waals surface area contributed by atoms with Crippen LogP contribution in [0.25, 0.3) is 10.2 Å². The Morgan fingerprint density at radius 3 is 2.76 bits per heavy atom. The van der Waals surface area contributed by atoms with Crippen molar-refractivity contribution in [2.75, 3.05) is 11.9 Å². The van der Waals surface area contributed by atoms with Crippen LogP contribution in [0.15, 0.2) is 11.7 Å². The van der Waals surface area contributed by atoms with Gasteiger partial charge in [-0.2, -0.15) is 0 Å². The predicted octanol–water partition coefficient (Wildman–Crippen LogP) is 3.70. The van der Waals surface area contributed by atoms with E-state index in [1.165, 1.54) is 10.3 Å². The van der Waals surface area contributed by atoms with Gasteiger partial charge in [0.25, 0.3) is 0 Å². The van der Waals surface area contributed by atoms with Crippen molar-refractivity contribution in [1.29, 1.82) is 0 Å². The molecule has 2 aromatic rings. The maximum absolute atomic E-state index is 4.34. The fourth-order valence-corrected chi connectivity index (χ4v) is 2.56. The number of fused-ring (bicyclic) bond motifs is 1. The quantitative estimate of drug-likeness (QED) is 0.897. The van der Waals surface area contributed by atoms with Gasteiger partial charge in [0.1, 0.15) is 12.1 Å². The molecule has 0 amide bonds. The first-order valence-electron chi connectivity index (χ1n) is 6.02. The molecule has 0 saturated carbocycles. The summed E-state index contributed by atoms with van der Waals surface area (Å²) in [5, 5.41) is 5.58. The van der Waals surface area contributed by atoms with Gasteiger partial charge >= 0.3 is 0 Å². The third kappa shape index (κ3) is 2.57. The fraction of sp³-hybridized carbons (Fsp3) is 0.538. The third-order valence-corrected chi connectivity index (χ3v) is 4.35. The van der Waals surface area contributed by atoms with E-state index >= 15 is 0 Å². The lowest BCUT2D eigenvalue weighted by molar-refractivity contribution is 0.439. The SMILES string of the molecule is Cc1csc2c(NCC(C)C(C)C)ncnc12. The van der Waals surface area contributed by atoms with Crippen molar-refractivity contribution in [3.63, 3.8) is 0 Å². The normalized spacial score (nSPS) is 13.2. The molecule has 1 N–H and O–H groups in total. The molecule has 0 spiro atoms. The Kier molecular flexibility index (Phi) is 3.62. The number of nitrogens with zero attached hydrogens (tertiary/aromatic N) is 2. The molecule has 3 nitrogen and oxygen atoms in total. The number of anilines is 1. The second-order valence-corrected chi connectivity index (χ2v) is 5.80. The lowest BCUT2D eigenvalue weighted by atomic mass is 9.98. The zero-order valence-corrected chi connectivity index (χ0v) is 11.6. The van der Waals surface area contributed by atoms with E-state index in [-0.39, 0.29) is 0 Å². The van der Waals surface area contributed by atoms with Gasteiger partial charge in [0.2, 0.25) is 0 Å². The highest BCUT2D eigenvalue weighted by Crippen LogP contribution is 2.28. The molecule has 0 aliphatic rings. The highest BCUT2D eigenvalue weighted by Gasteiger charge is 2.10. The molecule has 2 aromatic heterocycles. The van der Waals surface area contributed by atoms with Gasteiger partial charge in [-0.05, 0) is 29.7 Å². The molecule has 0 radical (unpaired) electrons. The second kappa shape index (κ2) is 5.00. The molecule has 1 atom stereocenters. The summed E-state index contributed by atoms with van der Waals surface area (Å²) in [7, 11) is 0. The lowest BCUT2D eigenvalue weighted by Gasteiger charge is -2.16. The van der Waals surface area contributed by atoms with Crippen LogP contribution in [-0.2, 0) is 0 Å². The van der Waals surface area contributed by atoms with Crippen LogP contribution in [0.5, 0.6) is 0 Å². The molecule has 0 bridgehead atoms. The van der Waals surface area contributed by atoms with E-state index in [1.807, 2.05) is 0 Å². The summed E-state index contributed by atoms with van der Waals surface area (Å²) in [4.78, 5) is 8.66. The molecule has 0 aliphatic carbocycles. The Bertz CT molecular complexity index is 504. The van der Waals surface area contributed by atoms with E-state index in [0.717, 1.165) is 17.9 Å². The van der Waals surface area contributed by atoms with Crippen LogP contribution in [0.1, 0.15) is 26.3 Å². The minimum atomic E-state index is 0.640. The van der Waals surface area contributed by atoms with Crippen LogP contribution >= 0.6 is 11.3 Å². The number of aryl methyl sites for hydroxylation is 1. The Balaban J connectivity index is 2.19. The smallest absolute Gasteiger partial charge is 0.147 e. The average Bonchev–Trinajstić information content (AvgIpc) is 2.69. The Morgan fingerprint density at radius 1 is 1.29 bits per heavy atom. The summed E-state index contributed by atoms with van der Waals surface area (Å²) in [5.41, 5.74) is 2.30. The Labute approximate surface area is 106 Å². The van der Waals surface area contributed by atoms with Crippen LogP contribution < -0.4 is 5.32 Å². The van der Waals surface area contributed by atoms with E-state index in [4.69, 9.17) is 0 Å². The minimum Gasteiger partial charge on any atom is -0.369 e. The minimum absolute atomic E-state index is 0.640. The maximum Gasteiger partial charge on any atom is 0.147 e. The first kappa shape index (κ1) is 12.3. The standard InChI is InChI=1S/C13H19N3S/c1-8(2)9(3)5-14-13-12-11(15-7-16-13)10(4)6-17-12/h6-9H,5H2,1-4H3,(H,14,15,16). The molecule has 4 heteroatoms. The van der Waals surface area contributed by atoms with E-state index in [9.17, 15) is 0 Å². The van der Waals surface area contributed by atoms with E-state index in [1.54, 1.807) is 17.7 Å². The first-order valence-corrected chi connectivity index (χ1v) is 6.90. The summed E-state index contributed by atoms with van der Waals surface area (Å²) < 4.78 is 1.17. The van der Waals surface area contributed by atoms with Crippen LogP contribution in [-0.4, -0.2) is 16.5 Å². The number of aromatic nitrogens is 2. The third-order valence-electron chi connectivity index (χ3n) is 3.26. The van der Waals surface area contributed by atoms with Gasteiger partial charge in [-0.1, -0.05) is 20.8 Å². The first-order chi connectivity index (χ1) is 8.09. The molecule has 92 valence electrons. The van der Waals surface area contributed by atoms with Gasteiger partial charge in [0.05, 0.1) is 10.2 Å². The highest BCUT2D eigenvalue weighted by molar-refractivity contribution is 7.18. The topological polar surface area (TPSA) is 37.8 Å². The monoisotopic (exact) mass is 249 g/mol. The second-order valence-electron chi connectivity index (χ2n) is 4.92. The van der Waals surface area contributed by atoms with Crippen molar-refractivity contribution < 1.29 is 0 Å². The van der Waals surface area contributed by atoms with Gasteiger partial charge < -0.3 is 5.32 Å². The zero-order valence-electron chi connectivity index (χ0n) is 10.8. The van der Waals surface area contributed by atoms with Crippen LogP contribution in [0.3, 0.4) is 0 Å². The lowest BCUT2D eigenvalue weighted by Crippen LogP contribution is -2.16. The predicted molar refractivity (Wildman–Crippen MR) is 74.6 cm³/mol. The summed E-state index contributed by atoms with van der Waals surface area (Å²) in [6.07, 6.45) is 1.64. The van der Waals surface area contributed by atoms with Crippen LogP contribution in [0.4, 0.5) is 5.82 Å². The van der Waals surface area contributed by atoms with Gasteiger partial charge in [0.15, 0.2) is 0 Å². The molecule has 17 heavy (non-hydrogen) atoms. The van der Waals surface area contributed by atoms with Crippen molar-refractivity contribution in [2.45, 2.75) is 27.7 Å². The molecule has 0 aromatic carbocycles. The Morgan fingerprint density at radius 2 is 2.06 bits per heavy atom. The number of hydrogen-bond acceptors (Lipinski definition) is 4. The highest BCUT2D eigenvalue weighted by atomic mass is 32.1. The molecular formula is C13H19N3S. The van der Waals surface area contributed by atoms with Crippen LogP contribution in [0, 0.1) is 18.8 Å². The van der Waals surface area contributed by atoms with Gasteiger partial charge in [0, 0.05) is 6.54 Å². The maximum atomic E-state index is 4.34. The summed E-state index contributed by atoms with van der Waals surface area (Å²) in [6, 6.07) is 0. The van der Waals surface area contributed by atoms with Crippen molar-refractivity contribution in [1.82, 2.24) is 9.97 Å². The summed E-state index contributed by atoms with van der Waals surface area (Å²) in [5.74, 6) is 2.30. The summed E-state index contributed by atoms with van der Waals surface area (Å²) >= 11 is 1.71. The fourth-order valence-electron chi connectivity index (χ4n) is 1.59.